The Bertz CT molecular complexity index is 240. The smallest absolute Gasteiger partial charge is 1.00 e. The fourth-order valence-electron chi connectivity index (χ4n) is 0.593. The Morgan fingerprint density at radius 2 is 0.923 bits per heavy atom. The van der Waals surface area contributed by atoms with E-state index in [9.17, 15) is 0 Å². The Morgan fingerprint density at radius 3 is 1.23 bits per heavy atom. The maximum absolute atomic E-state index is 4.32. The molecule has 68 valence electrons. The molecule has 0 radical (unpaired) electrons. The molecule has 1 aromatic rings. The third-order valence-electron chi connectivity index (χ3n) is 1.19. The van der Waals surface area contributed by atoms with Crippen molar-refractivity contribution in [3.8, 4) is 0 Å². The minimum Gasteiger partial charge on any atom is -1.00 e. The maximum Gasteiger partial charge on any atom is 1.00 e. The van der Waals surface area contributed by atoms with Crippen molar-refractivity contribution in [1.29, 1.82) is 0 Å². The summed E-state index contributed by atoms with van der Waals surface area (Å²) >= 11 is 21.4. The molecule has 13 heavy (non-hydrogen) atoms. The van der Waals surface area contributed by atoms with Gasteiger partial charge < -0.3 is 1.43 Å². The first-order valence-corrected chi connectivity index (χ1v) is 7.08. The average molecular weight is 529 g/mol. The first-order chi connectivity index (χ1) is 5.46. The van der Waals surface area contributed by atoms with Crippen LogP contribution in [0.3, 0.4) is 0 Å². The standard InChI is InChI=1S/C6HBr5S.Na.H/c7-1-2(8)4(10)6(12)5(11)3(1)9;;/h12H;;/q;+1;-1. The van der Waals surface area contributed by atoms with Crippen LogP contribution in [-0.2, 0) is 0 Å². The topological polar surface area (TPSA) is 0 Å². The molecule has 0 unspecified atom stereocenters. The summed E-state index contributed by atoms with van der Waals surface area (Å²) in [6.45, 7) is 0. The van der Waals surface area contributed by atoms with Gasteiger partial charge in [-0.25, -0.2) is 0 Å². The van der Waals surface area contributed by atoms with Gasteiger partial charge in [-0.15, -0.1) is 12.6 Å². The predicted octanol–water partition coefficient (Wildman–Crippen LogP) is 2.90. The summed E-state index contributed by atoms with van der Waals surface area (Å²) < 4.78 is 4.70. The average Bonchev–Trinajstić information content (AvgIpc) is 2.08. The zero-order chi connectivity index (χ0) is 9.46. The first-order valence-electron chi connectivity index (χ1n) is 2.67. The molecule has 1 aromatic carbocycles. The Labute approximate surface area is 148 Å². The molecule has 0 atom stereocenters. The summed E-state index contributed by atoms with van der Waals surface area (Å²) in [7, 11) is 0. The number of halogens is 5. The second kappa shape index (κ2) is 6.64. The molecule has 0 amide bonds. The molecule has 0 spiro atoms. The molecule has 0 bridgehead atoms. The molecule has 0 saturated carbocycles. The van der Waals surface area contributed by atoms with Gasteiger partial charge in [0.15, 0.2) is 0 Å². The van der Waals surface area contributed by atoms with E-state index in [4.69, 9.17) is 0 Å². The third kappa shape index (κ3) is 3.46. The molecule has 0 heterocycles. The van der Waals surface area contributed by atoms with E-state index in [-0.39, 0.29) is 31.0 Å². The second-order valence-corrected chi connectivity index (χ2v) is 6.33. The normalized spacial score (nSPS) is 9.69. The van der Waals surface area contributed by atoms with Crippen molar-refractivity contribution in [2.24, 2.45) is 0 Å². The Hall–Kier alpha value is 2.97. The van der Waals surface area contributed by atoms with E-state index in [0.717, 1.165) is 27.3 Å². The summed E-state index contributed by atoms with van der Waals surface area (Å²) in [6.07, 6.45) is 0. The molecule has 0 fully saturated rings. The summed E-state index contributed by atoms with van der Waals surface area (Å²) in [5.41, 5.74) is 0. The van der Waals surface area contributed by atoms with Gasteiger partial charge in [0.05, 0.1) is 0 Å². The van der Waals surface area contributed by atoms with Crippen molar-refractivity contribution in [3.63, 3.8) is 0 Å². The minimum absolute atomic E-state index is 0. The Balaban J connectivity index is 0. The van der Waals surface area contributed by atoms with E-state index < -0.39 is 0 Å². The van der Waals surface area contributed by atoms with Crippen LogP contribution in [0.1, 0.15) is 1.43 Å². The van der Waals surface area contributed by atoms with Crippen molar-refractivity contribution in [2.45, 2.75) is 4.90 Å². The summed E-state index contributed by atoms with van der Waals surface area (Å²) in [5.74, 6) is 0. The van der Waals surface area contributed by atoms with Gasteiger partial charge in [0.1, 0.15) is 0 Å². The van der Waals surface area contributed by atoms with Crippen LogP contribution in [0.2, 0.25) is 0 Å². The number of thiol groups is 1. The van der Waals surface area contributed by atoms with Gasteiger partial charge in [-0.2, -0.15) is 0 Å². The van der Waals surface area contributed by atoms with Gasteiger partial charge in [0.2, 0.25) is 0 Å². The molecule has 0 saturated heterocycles. The molecule has 0 aliphatic heterocycles. The SMILES string of the molecule is Sc1c(Br)c(Br)c(Br)c(Br)c1Br.[H-].[Na+]. The van der Waals surface area contributed by atoms with Crippen LogP contribution in [0.4, 0.5) is 0 Å². The van der Waals surface area contributed by atoms with Crippen LogP contribution in [0.25, 0.3) is 0 Å². The molecule has 0 aromatic heterocycles. The van der Waals surface area contributed by atoms with E-state index in [2.05, 4.69) is 92.3 Å². The van der Waals surface area contributed by atoms with E-state index in [1.165, 1.54) is 0 Å². The molecule has 0 N–H and O–H groups in total. The van der Waals surface area contributed by atoms with Gasteiger partial charge in [-0.05, 0) is 79.6 Å². The van der Waals surface area contributed by atoms with E-state index in [0.29, 0.717) is 0 Å². The second-order valence-electron chi connectivity index (χ2n) is 1.92. The van der Waals surface area contributed by atoms with Crippen LogP contribution < -0.4 is 29.6 Å². The predicted molar refractivity (Wildman–Crippen MR) is 73.3 cm³/mol. The van der Waals surface area contributed by atoms with Crippen LogP contribution in [0, 0.1) is 0 Å². The summed E-state index contributed by atoms with van der Waals surface area (Å²) in [5, 5.41) is 0. The van der Waals surface area contributed by atoms with Crippen LogP contribution >= 0.6 is 92.3 Å². The zero-order valence-electron chi connectivity index (χ0n) is 7.34. The van der Waals surface area contributed by atoms with Crippen molar-refractivity contribution in [2.75, 3.05) is 0 Å². The van der Waals surface area contributed by atoms with Gasteiger partial charge in [0, 0.05) is 27.3 Å². The maximum atomic E-state index is 4.32. The molecular weight excluding hydrogens is 527 g/mol. The first kappa shape index (κ1) is 16.0. The largest absolute Gasteiger partial charge is 1.00 e. The van der Waals surface area contributed by atoms with Gasteiger partial charge in [-0.3, -0.25) is 0 Å². The number of hydrogen-bond acceptors (Lipinski definition) is 1. The summed E-state index contributed by atoms with van der Waals surface area (Å²) in [6, 6.07) is 0. The monoisotopic (exact) mass is 524 g/mol. The van der Waals surface area contributed by atoms with Crippen molar-refractivity contribution in [3.05, 3.63) is 22.4 Å². The van der Waals surface area contributed by atoms with Crippen LogP contribution in [-0.4, -0.2) is 0 Å². The molecule has 7 heteroatoms. The van der Waals surface area contributed by atoms with Crippen molar-refractivity contribution < 1.29 is 31.0 Å². The molecular formula is C6H2Br5NaS. The van der Waals surface area contributed by atoms with Crippen molar-refractivity contribution >= 4 is 92.3 Å². The van der Waals surface area contributed by atoms with Crippen LogP contribution in [0.5, 0.6) is 0 Å². The van der Waals surface area contributed by atoms with Gasteiger partial charge in [-0.1, -0.05) is 0 Å². The zero-order valence-corrected chi connectivity index (χ0v) is 17.2. The molecule has 1 rings (SSSR count). The molecule has 0 aliphatic carbocycles. The fourth-order valence-corrected chi connectivity index (χ4v) is 4.17. The molecule has 0 aliphatic rings. The number of rotatable bonds is 0. The minimum atomic E-state index is 0. The van der Waals surface area contributed by atoms with E-state index in [1.807, 2.05) is 0 Å². The quantitative estimate of drug-likeness (QED) is 0.228. The summed E-state index contributed by atoms with van der Waals surface area (Å²) in [4.78, 5) is 0.858. The van der Waals surface area contributed by atoms with E-state index in [1.54, 1.807) is 0 Å². The fraction of sp³-hybridized carbons (Fsp3) is 0. The number of benzene rings is 1. The Kier molecular flexibility index (Phi) is 8.16. The Morgan fingerprint density at radius 1 is 0.692 bits per heavy atom. The van der Waals surface area contributed by atoms with Crippen molar-refractivity contribution in [1.82, 2.24) is 0 Å². The third-order valence-corrected chi connectivity index (χ3v) is 8.34. The molecule has 0 nitrogen and oxygen atoms in total. The number of hydrogen-bond donors (Lipinski definition) is 1. The van der Waals surface area contributed by atoms with Gasteiger partial charge in [0.25, 0.3) is 0 Å². The van der Waals surface area contributed by atoms with Gasteiger partial charge >= 0.3 is 29.6 Å². The van der Waals surface area contributed by atoms with E-state index >= 15 is 0 Å². The van der Waals surface area contributed by atoms with Crippen LogP contribution in [0.15, 0.2) is 27.3 Å².